The number of amides is 1. The average molecular weight is 389 g/mol. The number of unbranched alkanes of at least 4 members (excludes halogenated alkanes) is 1. The summed E-state index contributed by atoms with van der Waals surface area (Å²) in [6, 6.07) is 3.96. The minimum absolute atomic E-state index is 0.216. The summed E-state index contributed by atoms with van der Waals surface area (Å²) in [5.74, 6) is 0.881. The Bertz CT molecular complexity index is 674. The summed E-state index contributed by atoms with van der Waals surface area (Å²) < 4.78 is 17.6. The Morgan fingerprint density at radius 3 is 2.43 bits per heavy atom. The fourth-order valence-corrected chi connectivity index (χ4v) is 3.25. The summed E-state index contributed by atoms with van der Waals surface area (Å²) in [5, 5.41) is 0. The number of aromatic nitrogens is 1. The van der Waals surface area contributed by atoms with Crippen molar-refractivity contribution in [1.29, 1.82) is 0 Å². The van der Waals surface area contributed by atoms with E-state index in [0.29, 0.717) is 19.7 Å². The molecule has 0 spiro atoms. The van der Waals surface area contributed by atoms with Gasteiger partial charge in [-0.3, -0.25) is 0 Å². The second kappa shape index (κ2) is 8.29. The lowest BCUT2D eigenvalue weighted by Crippen LogP contribution is -2.49. The van der Waals surface area contributed by atoms with Crippen LogP contribution in [0.1, 0.15) is 47.5 Å². The Balaban J connectivity index is 1.59. The first-order valence-electron chi connectivity index (χ1n) is 10.2. The Kier molecular flexibility index (Phi) is 6.20. The maximum absolute atomic E-state index is 12.1. The molecule has 0 N–H and O–H groups in total. The first-order chi connectivity index (χ1) is 13.2. The molecule has 8 heteroatoms. The van der Waals surface area contributed by atoms with Gasteiger partial charge in [0.15, 0.2) is 0 Å². The number of carbonyl (C=O) groups is 1. The molecule has 1 aromatic heterocycles. The molecule has 2 saturated heterocycles. The third kappa shape index (κ3) is 4.44. The quantitative estimate of drug-likeness (QED) is 0.570. The van der Waals surface area contributed by atoms with Crippen LogP contribution in [0.5, 0.6) is 0 Å². The van der Waals surface area contributed by atoms with E-state index >= 15 is 0 Å². The van der Waals surface area contributed by atoms with Crippen LogP contribution >= 0.6 is 0 Å². The topological polar surface area (TPSA) is 64.1 Å². The van der Waals surface area contributed by atoms with E-state index in [0.717, 1.165) is 37.2 Å². The van der Waals surface area contributed by atoms with Crippen LogP contribution < -0.4 is 10.4 Å². The van der Waals surface area contributed by atoms with Crippen LogP contribution in [-0.4, -0.2) is 67.1 Å². The molecule has 2 aliphatic rings. The van der Waals surface area contributed by atoms with Gasteiger partial charge in [0, 0.05) is 32.4 Å². The van der Waals surface area contributed by atoms with Crippen molar-refractivity contribution in [3.05, 3.63) is 18.3 Å². The largest absolute Gasteiger partial charge is 0.495 e. The number of nitrogens with zero attached hydrogens (tertiary/aromatic N) is 3. The zero-order valence-corrected chi connectivity index (χ0v) is 17.7. The molecular weight excluding hydrogens is 357 g/mol. The Morgan fingerprint density at radius 2 is 1.82 bits per heavy atom. The molecule has 154 valence electrons. The Morgan fingerprint density at radius 1 is 1.18 bits per heavy atom. The highest BCUT2D eigenvalue weighted by atomic mass is 16.7. The molecule has 7 nitrogen and oxygen atoms in total. The monoisotopic (exact) mass is 389 g/mol. The predicted octanol–water partition coefficient (Wildman–Crippen LogP) is 2.44. The average Bonchev–Trinajstić information content (AvgIpc) is 2.89. The van der Waals surface area contributed by atoms with Gasteiger partial charge in [-0.15, -0.1) is 0 Å². The Hall–Kier alpha value is -1.80. The number of carbonyl (C=O) groups excluding carboxylic acids is 1. The molecule has 0 unspecified atom stereocenters. The zero-order chi connectivity index (χ0) is 20.4. The number of piperazine rings is 1. The first-order valence-corrected chi connectivity index (χ1v) is 10.2. The summed E-state index contributed by atoms with van der Waals surface area (Å²) >= 11 is 0. The molecule has 0 radical (unpaired) electrons. The van der Waals surface area contributed by atoms with Gasteiger partial charge in [0.05, 0.1) is 17.8 Å². The van der Waals surface area contributed by atoms with E-state index < -0.39 is 7.12 Å². The van der Waals surface area contributed by atoms with E-state index in [2.05, 4.69) is 16.8 Å². The van der Waals surface area contributed by atoms with Crippen LogP contribution in [0.25, 0.3) is 0 Å². The third-order valence-corrected chi connectivity index (χ3v) is 5.88. The van der Waals surface area contributed by atoms with Crippen molar-refractivity contribution in [3.8, 4) is 0 Å². The van der Waals surface area contributed by atoms with Crippen molar-refractivity contribution < 1.29 is 18.8 Å². The summed E-state index contributed by atoms with van der Waals surface area (Å²) in [7, 11) is -0.401. The van der Waals surface area contributed by atoms with Gasteiger partial charge in [0.2, 0.25) is 0 Å². The van der Waals surface area contributed by atoms with Gasteiger partial charge in [-0.2, -0.15) is 0 Å². The normalized spacial score (nSPS) is 21.1. The van der Waals surface area contributed by atoms with Gasteiger partial charge in [-0.1, -0.05) is 13.3 Å². The Labute approximate surface area is 168 Å². The molecule has 3 heterocycles. The third-order valence-electron chi connectivity index (χ3n) is 5.88. The summed E-state index contributed by atoms with van der Waals surface area (Å²) in [6.45, 7) is 13.5. The van der Waals surface area contributed by atoms with E-state index in [-0.39, 0.29) is 17.3 Å². The van der Waals surface area contributed by atoms with Gasteiger partial charge < -0.3 is 23.8 Å². The number of rotatable bonds is 5. The second-order valence-corrected chi connectivity index (χ2v) is 8.48. The van der Waals surface area contributed by atoms with Gasteiger partial charge in [-0.05, 0) is 51.7 Å². The number of hydrogen-bond acceptors (Lipinski definition) is 6. The zero-order valence-electron chi connectivity index (χ0n) is 17.7. The first kappa shape index (κ1) is 20.9. The van der Waals surface area contributed by atoms with Crippen LogP contribution in [0.15, 0.2) is 18.3 Å². The molecule has 0 bridgehead atoms. The van der Waals surface area contributed by atoms with Crippen molar-refractivity contribution in [3.63, 3.8) is 0 Å². The van der Waals surface area contributed by atoms with E-state index in [9.17, 15) is 4.79 Å². The van der Waals surface area contributed by atoms with E-state index in [1.807, 2.05) is 39.8 Å². The lowest BCUT2D eigenvalue weighted by molar-refractivity contribution is 0.00578. The van der Waals surface area contributed by atoms with Crippen LogP contribution in [0.3, 0.4) is 0 Å². The number of hydrogen-bond donors (Lipinski definition) is 0. The van der Waals surface area contributed by atoms with Crippen LogP contribution in [0.4, 0.5) is 10.6 Å². The van der Waals surface area contributed by atoms with E-state index in [4.69, 9.17) is 14.0 Å². The molecule has 28 heavy (non-hydrogen) atoms. The molecule has 0 aromatic carbocycles. The van der Waals surface area contributed by atoms with Crippen molar-refractivity contribution >= 4 is 24.5 Å². The SMILES string of the molecule is CCCCOC(=O)N1CCN(c2cc(B3OC(C)(C)C(C)(C)O3)ccn2)CC1. The molecule has 1 aromatic rings. The van der Waals surface area contributed by atoms with E-state index in [1.54, 1.807) is 11.1 Å². The van der Waals surface area contributed by atoms with Crippen molar-refractivity contribution in [2.24, 2.45) is 0 Å². The lowest BCUT2D eigenvalue weighted by atomic mass is 9.79. The van der Waals surface area contributed by atoms with Gasteiger partial charge >= 0.3 is 13.2 Å². The summed E-state index contributed by atoms with van der Waals surface area (Å²) in [6.07, 6.45) is 3.50. The minimum atomic E-state index is -0.401. The smallest absolute Gasteiger partial charge is 0.449 e. The highest BCUT2D eigenvalue weighted by molar-refractivity contribution is 6.62. The summed E-state index contributed by atoms with van der Waals surface area (Å²) in [5.41, 5.74) is 0.223. The molecule has 2 fully saturated rings. The van der Waals surface area contributed by atoms with Crippen molar-refractivity contribution in [2.75, 3.05) is 37.7 Å². The van der Waals surface area contributed by atoms with Crippen LogP contribution in [0, 0.1) is 0 Å². The van der Waals surface area contributed by atoms with Gasteiger partial charge in [-0.25, -0.2) is 9.78 Å². The number of pyridine rings is 1. The van der Waals surface area contributed by atoms with Crippen molar-refractivity contribution in [2.45, 2.75) is 58.7 Å². The fraction of sp³-hybridized carbons (Fsp3) is 0.700. The molecule has 0 atom stereocenters. The van der Waals surface area contributed by atoms with Gasteiger partial charge in [0.25, 0.3) is 0 Å². The lowest BCUT2D eigenvalue weighted by Gasteiger charge is -2.35. The maximum Gasteiger partial charge on any atom is 0.495 e. The molecule has 0 aliphatic carbocycles. The maximum atomic E-state index is 12.1. The number of anilines is 1. The van der Waals surface area contributed by atoms with Crippen molar-refractivity contribution in [1.82, 2.24) is 9.88 Å². The number of ether oxygens (including phenoxy) is 1. The standard InChI is InChI=1S/C20H32BN3O4/c1-6-7-14-26-18(25)24-12-10-23(11-13-24)17-15-16(8-9-22-17)21-27-19(2,3)20(4,5)28-21/h8-9,15H,6-7,10-14H2,1-5H3. The molecule has 3 rings (SSSR count). The van der Waals surface area contributed by atoms with Crippen LogP contribution in [-0.2, 0) is 14.0 Å². The molecular formula is C20H32BN3O4. The van der Waals surface area contributed by atoms with Crippen LogP contribution in [0.2, 0.25) is 0 Å². The highest BCUT2D eigenvalue weighted by Crippen LogP contribution is 2.36. The minimum Gasteiger partial charge on any atom is -0.449 e. The van der Waals surface area contributed by atoms with Gasteiger partial charge in [0.1, 0.15) is 5.82 Å². The molecule has 1 amide bonds. The fourth-order valence-electron chi connectivity index (χ4n) is 3.25. The highest BCUT2D eigenvalue weighted by Gasteiger charge is 2.51. The molecule has 2 aliphatic heterocycles. The van der Waals surface area contributed by atoms with E-state index in [1.165, 1.54) is 0 Å². The second-order valence-electron chi connectivity index (χ2n) is 8.48. The predicted molar refractivity (Wildman–Crippen MR) is 110 cm³/mol. The molecule has 0 saturated carbocycles. The summed E-state index contributed by atoms with van der Waals surface area (Å²) in [4.78, 5) is 20.6.